The van der Waals surface area contributed by atoms with E-state index in [0.29, 0.717) is 12.0 Å². The van der Waals surface area contributed by atoms with Crippen LogP contribution in [0.3, 0.4) is 0 Å². The summed E-state index contributed by atoms with van der Waals surface area (Å²) < 4.78 is 2.02. The highest BCUT2D eigenvalue weighted by Crippen LogP contribution is 2.42. The zero-order chi connectivity index (χ0) is 13.2. The number of nitrogens with zero attached hydrogens (tertiary/aromatic N) is 2. The summed E-state index contributed by atoms with van der Waals surface area (Å²) in [7, 11) is 2.00. The molecule has 1 aromatic rings. The molecule has 1 unspecified atom stereocenters. The lowest BCUT2D eigenvalue weighted by Crippen LogP contribution is -2.55. The van der Waals surface area contributed by atoms with Crippen LogP contribution in [0.4, 0.5) is 0 Å². The first kappa shape index (κ1) is 13.9. The molecule has 0 spiro atoms. The van der Waals surface area contributed by atoms with Crippen LogP contribution >= 0.6 is 11.8 Å². The predicted molar refractivity (Wildman–Crippen MR) is 74.7 cm³/mol. The molecule has 1 saturated carbocycles. The van der Waals surface area contributed by atoms with Crippen LogP contribution in [0.5, 0.6) is 0 Å². The Hall–Kier alpha value is -0.520. The smallest absolute Gasteiger partial charge is 0.167 e. The maximum Gasteiger partial charge on any atom is 0.167 e. The van der Waals surface area contributed by atoms with Crippen LogP contribution in [0.2, 0.25) is 0 Å². The van der Waals surface area contributed by atoms with Crippen LogP contribution in [0.25, 0.3) is 0 Å². The Labute approximate surface area is 113 Å². The maximum atomic E-state index is 9.83. The Morgan fingerprint density at radius 1 is 1.61 bits per heavy atom. The number of aryl methyl sites for hydroxylation is 1. The van der Waals surface area contributed by atoms with Gasteiger partial charge in [-0.05, 0) is 18.8 Å². The van der Waals surface area contributed by atoms with Gasteiger partial charge >= 0.3 is 0 Å². The molecule has 0 bridgehead atoms. The van der Waals surface area contributed by atoms with Gasteiger partial charge in [0, 0.05) is 31.2 Å². The molecule has 1 aromatic heterocycles. The molecule has 102 valence electrons. The van der Waals surface area contributed by atoms with Gasteiger partial charge in [0.2, 0.25) is 0 Å². The van der Waals surface area contributed by atoms with Gasteiger partial charge in [-0.2, -0.15) is 0 Å². The second-order valence-corrected chi connectivity index (χ2v) is 6.44. The van der Waals surface area contributed by atoms with Gasteiger partial charge in [0.15, 0.2) is 5.16 Å². The van der Waals surface area contributed by atoms with Crippen LogP contribution in [0.15, 0.2) is 17.6 Å². The van der Waals surface area contributed by atoms with Gasteiger partial charge in [-0.1, -0.05) is 25.6 Å². The fourth-order valence-corrected chi connectivity index (χ4v) is 3.59. The van der Waals surface area contributed by atoms with E-state index in [4.69, 9.17) is 0 Å². The number of thioether (sulfide) groups is 1. The number of imidazole rings is 1. The first-order valence-corrected chi connectivity index (χ1v) is 7.54. The van der Waals surface area contributed by atoms with Crippen molar-refractivity contribution in [2.75, 3.05) is 12.4 Å². The summed E-state index contributed by atoms with van der Waals surface area (Å²) >= 11 is 1.72. The highest BCUT2D eigenvalue weighted by Gasteiger charge is 2.45. The third-order valence-corrected chi connectivity index (χ3v) is 4.76. The molecule has 1 heterocycles. The third-order valence-electron chi connectivity index (χ3n) is 3.45. The van der Waals surface area contributed by atoms with Crippen molar-refractivity contribution in [1.29, 1.82) is 0 Å². The summed E-state index contributed by atoms with van der Waals surface area (Å²) in [5, 5.41) is 14.4. The van der Waals surface area contributed by atoms with E-state index in [1.54, 1.807) is 11.8 Å². The summed E-state index contributed by atoms with van der Waals surface area (Å²) in [6.45, 7) is 4.48. The van der Waals surface area contributed by atoms with E-state index >= 15 is 0 Å². The molecule has 5 heteroatoms. The van der Waals surface area contributed by atoms with Gasteiger partial charge in [-0.3, -0.25) is 0 Å². The minimum absolute atomic E-state index is 0.148. The molecule has 1 atom stereocenters. The summed E-state index contributed by atoms with van der Waals surface area (Å²) in [5.74, 6) is 1.48. The fourth-order valence-electron chi connectivity index (χ4n) is 2.39. The highest BCUT2D eigenvalue weighted by molar-refractivity contribution is 7.99. The summed E-state index contributed by atoms with van der Waals surface area (Å²) in [5.41, 5.74) is -0.148. The Morgan fingerprint density at radius 3 is 2.78 bits per heavy atom. The number of hydrogen-bond donors (Lipinski definition) is 2. The molecular weight excluding hydrogens is 246 g/mol. The van der Waals surface area contributed by atoms with Gasteiger partial charge in [-0.15, -0.1) is 0 Å². The number of hydrogen-bond acceptors (Lipinski definition) is 4. The summed E-state index contributed by atoms with van der Waals surface area (Å²) in [6, 6.07) is 0.389. The van der Waals surface area contributed by atoms with E-state index in [0.717, 1.165) is 10.9 Å². The third kappa shape index (κ3) is 3.08. The van der Waals surface area contributed by atoms with E-state index in [9.17, 15) is 5.11 Å². The Balaban J connectivity index is 2.03. The standard InChI is InChI=1S/C13H23N3OS/c1-10(2)15-13(8-17,11-4-5-11)9-18-12-14-6-7-16(12)3/h6-7,10-11,15,17H,4-5,8-9H2,1-3H3. The van der Waals surface area contributed by atoms with Gasteiger partial charge in [-0.25, -0.2) is 4.98 Å². The van der Waals surface area contributed by atoms with Gasteiger partial charge in [0.1, 0.15) is 0 Å². The minimum Gasteiger partial charge on any atom is -0.394 e. The van der Waals surface area contributed by atoms with Gasteiger partial charge in [0.05, 0.1) is 12.1 Å². The molecule has 2 rings (SSSR count). The quantitative estimate of drug-likeness (QED) is 0.739. The number of rotatable bonds is 7. The minimum atomic E-state index is -0.148. The van der Waals surface area contributed by atoms with Crippen molar-refractivity contribution in [2.45, 2.75) is 43.4 Å². The van der Waals surface area contributed by atoms with E-state index < -0.39 is 0 Å². The maximum absolute atomic E-state index is 9.83. The SMILES string of the molecule is CC(C)NC(CO)(CSc1nccn1C)C1CC1. The lowest BCUT2D eigenvalue weighted by atomic mass is 9.95. The molecule has 18 heavy (non-hydrogen) atoms. The normalized spacial score (nSPS) is 19.2. The van der Waals surface area contributed by atoms with Gasteiger partial charge < -0.3 is 15.0 Å². The van der Waals surface area contributed by atoms with Crippen molar-refractivity contribution in [3.63, 3.8) is 0 Å². The van der Waals surface area contributed by atoms with Crippen molar-refractivity contribution in [2.24, 2.45) is 13.0 Å². The van der Waals surface area contributed by atoms with Crippen LogP contribution in [-0.2, 0) is 7.05 Å². The lowest BCUT2D eigenvalue weighted by molar-refractivity contribution is 0.150. The molecular formula is C13H23N3OS. The molecule has 2 N–H and O–H groups in total. The molecule has 1 fully saturated rings. The zero-order valence-electron chi connectivity index (χ0n) is 11.4. The first-order valence-electron chi connectivity index (χ1n) is 6.56. The molecule has 4 nitrogen and oxygen atoms in total. The number of aliphatic hydroxyl groups is 1. The number of aromatic nitrogens is 2. The average Bonchev–Trinajstić information content (AvgIpc) is 3.09. The molecule has 1 aliphatic carbocycles. The zero-order valence-corrected chi connectivity index (χ0v) is 12.2. The Morgan fingerprint density at radius 2 is 2.33 bits per heavy atom. The topological polar surface area (TPSA) is 50.1 Å². The monoisotopic (exact) mass is 269 g/mol. The van der Waals surface area contributed by atoms with E-state index in [1.807, 2.05) is 24.0 Å². The molecule has 0 radical (unpaired) electrons. The van der Waals surface area contributed by atoms with E-state index in [-0.39, 0.29) is 12.1 Å². The van der Waals surface area contributed by atoms with Crippen LogP contribution in [0, 0.1) is 5.92 Å². The summed E-state index contributed by atoms with van der Waals surface area (Å²) in [6.07, 6.45) is 6.22. The number of aliphatic hydroxyl groups excluding tert-OH is 1. The second kappa shape index (κ2) is 5.63. The van der Waals surface area contributed by atoms with Gasteiger partial charge in [0.25, 0.3) is 0 Å². The molecule has 1 aliphatic rings. The predicted octanol–water partition coefficient (Wildman–Crippen LogP) is 1.65. The first-order chi connectivity index (χ1) is 8.57. The van der Waals surface area contributed by atoms with Crippen molar-refractivity contribution >= 4 is 11.8 Å². The molecule has 0 aromatic carbocycles. The van der Waals surface area contributed by atoms with Crippen LogP contribution < -0.4 is 5.32 Å². The lowest BCUT2D eigenvalue weighted by Gasteiger charge is -2.35. The van der Waals surface area contributed by atoms with Crippen molar-refractivity contribution in [1.82, 2.24) is 14.9 Å². The van der Waals surface area contributed by atoms with Crippen molar-refractivity contribution in [3.05, 3.63) is 12.4 Å². The highest BCUT2D eigenvalue weighted by atomic mass is 32.2. The largest absolute Gasteiger partial charge is 0.394 e. The summed E-state index contributed by atoms with van der Waals surface area (Å²) in [4.78, 5) is 4.33. The van der Waals surface area contributed by atoms with Crippen molar-refractivity contribution < 1.29 is 5.11 Å². The van der Waals surface area contributed by atoms with E-state index in [1.165, 1.54) is 12.8 Å². The average molecular weight is 269 g/mol. The Bertz CT molecular complexity index is 389. The van der Waals surface area contributed by atoms with Crippen LogP contribution in [0.1, 0.15) is 26.7 Å². The molecule has 0 saturated heterocycles. The van der Waals surface area contributed by atoms with Crippen molar-refractivity contribution in [3.8, 4) is 0 Å². The number of nitrogens with one attached hydrogen (secondary N) is 1. The molecule has 0 amide bonds. The van der Waals surface area contributed by atoms with Crippen LogP contribution in [-0.4, -0.2) is 38.6 Å². The van der Waals surface area contributed by atoms with E-state index in [2.05, 4.69) is 24.1 Å². The molecule has 0 aliphatic heterocycles. The fraction of sp³-hybridized carbons (Fsp3) is 0.769. The Kier molecular flexibility index (Phi) is 4.35. The second-order valence-electron chi connectivity index (χ2n) is 5.50.